The lowest BCUT2D eigenvalue weighted by molar-refractivity contribution is 0.0676. The zero-order valence-corrected chi connectivity index (χ0v) is 15.7. The summed E-state index contributed by atoms with van der Waals surface area (Å²) in [6.07, 6.45) is 3.91. The van der Waals surface area contributed by atoms with Gasteiger partial charge in [0.15, 0.2) is 0 Å². The molecule has 0 radical (unpaired) electrons. The number of carbonyl (C=O) groups is 1. The highest BCUT2D eigenvalue weighted by atomic mass is 16.5. The standard InChI is InChI=1S/C20H23N5O2/c1-4-18(15-9-11-16(27-3)12-10-15)25(5-2)20(26)17-7-6-8-19(23-17)24-13-21-22-14-24/h6-14,18H,4-5H2,1-3H3/t18-/m0/s1. The van der Waals surface area contributed by atoms with E-state index in [0.717, 1.165) is 17.7 Å². The molecule has 0 bridgehead atoms. The molecule has 1 atom stereocenters. The number of rotatable bonds is 7. The van der Waals surface area contributed by atoms with Gasteiger partial charge in [-0.1, -0.05) is 25.1 Å². The molecule has 3 rings (SSSR count). The van der Waals surface area contributed by atoms with Crippen LogP contribution in [0.15, 0.2) is 55.1 Å². The topological polar surface area (TPSA) is 73.1 Å². The quantitative estimate of drug-likeness (QED) is 0.642. The van der Waals surface area contributed by atoms with Crippen molar-refractivity contribution in [2.75, 3.05) is 13.7 Å². The monoisotopic (exact) mass is 365 g/mol. The van der Waals surface area contributed by atoms with Gasteiger partial charge >= 0.3 is 0 Å². The molecule has 7 nitrogen and oxygen atoms in total. The fraction of sp³-hybridized carbons (Fsp3) is 0.300. The van der Waals surface area contributed by atoms with E-state index >= 15 is 0 Å². The van der Waals surface area contributed by atoms with Crippen LogP contribution in [-0.2, 0) is 0 Å². The average Bonchev–Trinajstić information content (AvgIpc) is 3.26. The molecule has 2 heterocycles. The summed E-state index contributed by atoms with van der Waals surface area (Å²) in [5, 5.41) is 7.57. The van der Waals surface area contributed by atoms with Crippen LogP contribution >= 0.6 is 0 Å². The Morgan fingerprint density at radius 2 is 1.81 bits per heavy atom. The summed E-state index contributed by atoms with van der Waals surface area (Å²) in [7, 11) is 1.64. The molecular weight excluding hydrogens is 342 g/mol. The van der Waals surface area contributed by atoms with Crippen molar-refractivity contribution >= 4 is 5.91 Å². The molecule has 0 aliphatic heterocycles. The predicted octanol–water partition coefficient (Wildman–Crippen LogP) is 3.28. The molecule has 27 heavy (non-hydrogen) atoms. The summed E-state index contributed by atoms with van der Waals surface area (Å²) in [6, 6.07) is 13.2. The van der Waals surface area contributed by atoms with Crippen LogP contribution in [-0.4, -0.2) is 44.2 Å². The third-order valence-electron chi connectivity index (χ3n) is 4.50. The first-order chi connectivity index (χ1) is 13.2. The number of pyridine rings is 1. The number of aromatic nitrogens is 4. The molecule has 0 aliphatic carbocycles. The maximum Gasteiger partial charge on any atom is 0.273 e. The van der Waals surface area contributed by atoms with Crippen LogP contribution in [0, 0.1) is 0 Å². The summed E-state index contributed by atoms with van der Waals surface area (Å²) < 4.78 is 6.91. The van der Waals surface area contributed by atoms with Crippen LogP contribution in [0.5, 0.6) is 5.75 Å². The molecule has 0 fully saturated rings. The Morgan fingerprint density at radius 1 is 1.11 bits per heavy atom. The molecule has 1 aromatic carbocycles. The van der Waals surface area contributed by atoms with E-state index in [-0.39, 0.29) is 11.9 Å². The SMILES string of the molecule is CC[C@@H](c1ccc(OC)cc1)N(CC)C(=O)c1cccc(-n2cnnc2)n1. The van der Waals surface area contributed by atoms with Crippen molar-refractivity contribution in [1.29, 1.82) is 0 Å². The molecule has 0 spiro atoms. The van der Waals surface area contributed by atoms with Crippen molar-refractivity contribution in [2.24, 2.45) is 0 Å². The van der Waals surface area contributed by atoms with Crippen LogP contribution in [0.1, 0.15) is 42.4 Å². The second-order valence-electron chi connectivity index (χ2n) is 6.04. The van der Waals surface area contributed by atoms with Gasteiger partial charge < -0.3 is 9.64 Å². The lowest BCUT2D eigenvalue weighted by Gasteiger charge is -2.30. The Labute approximate surface area is 158 Å². The Bertz CT molecular complexity index is 878. The number of carbonyl (C=O) groups excluding carboxylic acids is 1. The van der Waals surface area contributed by atoms with E-state index in [1.807, 2.05) is 48.2 Å². The molecule has 2 aromatic heterocycles. The number of benzene rings is 1. The third-order valence-corrected chi connectivity index (χ3v) is 4.50. The number of hydrogen-bond acceptors (Lipinski definition) is 5. The minimum Gasteiger partial charge on any atom is -0.497 e. The number of nitrogens with zero attached hydrogens (tertiary/aromatic N) is 5. The lowest BCUT2D eigenvalue weighted by atomic mass is 10.0. The van der Waals surface area contributed by atoms with Crippen molar-refractivity contribution in [1.82, 2.24) is 24.6 Å². The van der Waals surface area contributed by atoms with Crippen molar-refractivity contribution in [2.45, 2.75) is 26.3 Å². The second kappa shape index (κ2) is 8.44. The van der Waals surface area contributed by atoms with Gasteiger partial charge in [-0.25, -0.2) is 4.98 Å². The molecule has 0 N–H and O–H groups in total. The van der Waals surface area contributed by atoms with E-state index in [1.54, 1.807) is 30.4 Å². The number of methoxy groups -OCH3 is 1. The second-order valence-corrected chi connectivity index (χ2v) is 6.04. The van der Waals surface area contributed by atoms with Gasteiger partial charge in [0, 0.05) is 6.54 Å². The van der Waals surface area contributed by atoms with Crippen molar-refractivity contribution in [3.63, 3.8) is 0 Å². The summed E-state index contributed by atoms with van der Waals surface area (Å²) in [4.78, 5) is 19.5. The number of ether oxygens (including phenoxy) is 1. The Kier molecular flexibility index (Phi) is 5.80. The maximum absolute atomic E-state index is 13.2. The highest BCUT2D eigenvalue weighted by Gasteiger charge is 2.24. The molecular formula is C20H23N5O2. The molecule has 0 aliphatic rings. The van der Waals surface area contributed by atoms with Gasteiger partial charge in [-0.2, -0.15) is 0 Å². The lowest BCUT2D eigenvalue weighted by Crippen LogP contribution is -2.35. The fourth-order valence-corrected chi connectivity index (χ4v) is 3.12. The molecule has 0 saturated heterocycles. The van der Waals surface area contributed by atoms with E-state index in [4.69, 9.17) is 4.74 Å². The normalized spacial score (nSPS) is 11.8. The van der Waals surface area contributed by atoms with E-state index in [0.29, 0.717) is 18.1 Å². The molecule has 0 unspecified atom stereocenters. The molecule has 140 valence electrons. The number of amides is 1. The first-order valence-corrected chi connectivity index (χ1v) is 8.94. The van der Waals surface area contributed by atoms with Crippen molar-refractivity contribution < 1.29 is 9.53 Å². The Hall–Kier alpha value is -3.22. The van der Waals surface area contributed by atoms with Crippen LogP contribution in [0.4, 0.5) is 0 Å². The van der Waals surface area contributed by atoms with Gasteiger partial charge in [-0.05, 0) is 43.2 Å². The molecule has 0 saturated carbocycles. The van der Waals surface area contributed by atoms with Crippen LogP contribution in [0.2, 0.25) is 0 Å². The van der Waals surface area contributed by atoms with Gasteiger partial charge in [0.25, 0.3) is 5.91 Å². The highest BCUT2D eigenvalue weighted by molar-refractivity contribution is 5.92. The van der Waals surface area contributed by atoms with E-state index < -0.39 is 0 Å². The zero-order valence-electron chi connectivity index (χ0n) is 15.7. The smallest absolute Gasteiger partial charge is 0.273 e. The number of hydrogen-bond donors (Lipinski definition) is 0. The first kappa shape index (κ1) is 18.6. The highest BCUT2D eigenvalue weighted by Crippen LogP contribution is 2.27. The van der Waals surface area contributed by atoms with Gasteiger partial charge in [0.05, 0.1) is 13.2 Å². The van der Waals surface area contributed by atoms with Crippen LogP contribution < -0.4 is 4.74 Å². The largest absolute Gasteiger partial charge is 0.497 e. The van der Waals surface area contributed by atoms with Gasteiger partial charge in [0.2, 0.25) is 0 Å². The van der Waals surface area contributed by atoms with Crippen LogP contribution in [0.25, 0.3) is 5.82 Å². The summed E-state index contributed by atoms with van der Waals surface area (Å²) in [6.45, 7) is 4.64. The van der Waals surface area contributed by atoms with Crippen molar-refractivity contribution in [3.8, 4) is 11.6 Å². The van der Waals surface area contributed by atoms with E-state index in [1.165, 1.54) is 0 Å². The fourth-order valence-electron chi connectivity index (χ4n) is 3.12. The zero-order chi connectivity index (χ0) is 19.2. The third kappa shape index (κ3) is 3.97. The predicted molar refractivity (Wildman–Crippen MR) is 102 cm³/mol. The van der Waals surface area contributed by atoms with Crippen LogP contribution in [0.3, 0.4) is 0 Å². The van der Waals surface area contributed by atoms with E-state index in [2.05, 4.69) is 22.1 Å². The minimum atomic E-state index is -0.102. The minimum absolute atomic E-state index is 0.0335. The summed E-state index contributed by atoms with van der Waals surface area (Å²) in [5.41, 5.74) is 1.47. The average molecular weight is 365 g/mol. The van der Waals surface area contributed by atoms with E-state index in [9.17, 15) is 4.79 Å². The molecule has 3 aromatic rings. The van der Waals surface area contributed by atoms with Crippen molar-refractivity contribution in [3.05, 3.63) is 66.4 Å². The summed E-state index contributed by atoms with van der Waals surface area (Å²) in [5.74, 6) is 1.31. The summed E-state index contributed by atoms with van der Waals surface area (Å²) >= 11 is 0. The molecule has 7 heteroatoms. The van der Waals surface area contributed by atoms with Gasteiger partial charge in [-0.3, -0.25) is 9.36 Å². The maximum atomic E-state index is 13.2. The van der Waals surface area contributed by atoms with Gasteiger partial charge in [0.1, 0.15) is 29.9 Å². The Balaban J connectivity index is 1.89. The Morgan fingerprint density at radius 3 is 2.41 bits per heavy atom. The van der Waals surface area contributed by atoms with Gasteiger partial charge in [-0.15, -0.1) is 10.2 Å². The molecule has 1 amide bonds. The first-order valence-electron chi connectivity index (χ1n) is 8.94.